The average molecular weight is 253 g/mol. The Morgan fingerprint density at radius 1 is 1.47 bits per heavy atom. The van der Waals surface area contributed by atoms with Crippen LogP contribution in [0.5, 0.6) is 0 Å². The maximum atomic E-state index is 11.8. The smallest absolute Gasteiger partial charge is 0.249 e. The summed E-state index contributed by atoms with van der Waals surface area (Å²) < 4.78 is 26.1. The van der Waals surface area contributed by atoms with Gasteiger partial charge in [0.25, 0.3) is 0 Å². The number of aryl methyl sites for hydroxylation is 2. The summed E-state index contributed by atoms with van der Waals surface area (Å²) >= 11 is 0. The van der Waals surface area contributed by atoms with Crippen molar-refractivity contribution in [3.8, 4) is 6.07 Å². The molecule has 0 bridgehead atoms. The monoisotopic (exact) mass is 253 g/mol. The summed E-state index contributed by atoms with van der Waals surface area (Å²) in [6, 6.07) is 5.14. The van der Waals surface area contributed by atoms with Gasteiger partial charge >= 0.3 is 0 Å². The number of sulfonamides is 1. The third kappa shape index (κ3) is 3.17. The number of nitrogens with one attached hydrogen (secondary N) is 1. The van der Waals surface area contributed by atoms with E-state index in [1.807, 2.05) is 6.92 Å². The molecule has 0 amide bonds. The summed E-state index contributed by atoms with van der Waals surface area (Å²) in [5.74, 6) is 0. The number of aromatic nitrogens is 1. The Kier molecular flexibility index (Phi) is 4.07. The first-order valence-electron chi connectivity index (χ1n) is 5.26. The lowest BCUT2D eigenvalue weighted by atomic mass is 10.3. The number of hydrogen-bond donors (Lipinski definition) is 1. The molecule has 0 aliphatic heterocycles. The molecule has 0 spiro atoms. The van der Waals surface area contributed by atoms with E-state index in [0.717, 1.165) is 5.69 Å². The van der Waals surface area contributed by atoms with Gasteiger partial charge in [0.15, 0.2) is 5.25 Å². The molecule has 0 aromatic carbocycles. The van der Waals surface area contributed by atoms with E-state index in [0.29, 0.717) is 11.4 Å². The first-order valence-corrected chi connectivity index (χ1v) is 6.81. The second-order valence-electron chi connectivity index (χ2n) is 3.76. The molecular weight excluding hydrogens is 238 g/mol. The summed E-state index contributed by atoms with van der Waals surface area (Å²) in [5, 5.41) is 7.73. The minimum Gasteiger partial charge on any atom is -0.281 e. The van der Waals surface area contributed by atoms with Crippen LogP contribution in [0.4, 0.5) is 5.69 Å². The Labute approximate surface area is 102 Å². The van der Waals surface area contributed by atoms with Crippen molar-refractivity contribution in [1.29, 1.82) is 5.26 Å². The van der Waals surface area contributed by atoms with Crippen molar-refractivity contribution in [3.05, 3.63) is 23.5 Å². The Bertz CT molecular complexity index is 546. The van der Waals surface area contributed by atoms with E-state index in [1.54, 1.807) is 32.0 Å². The molecule has 1 N–H and O–H groups in total. The number of nitrogens with zero attached hydrogens (tertiary/aromatic N) is 2. The van der Waals surface area contributed by atoms with E-state index in [-0.39, 0.29) is 6.42 Å². The van der Waals surface area contributed by atoms with Crippen LogP contribution >= 0.6 is 0 Å². The molecular formula is C11H15N3O2S. The molecule has 6 heteroatoms. The van der Waals surface area contributed by atoms with E-state index in [9.17, 15) is 8.42 Å². The van der Waals surface area contributed by atoms with Gasteiger partial charge in [-0.05, 0) is 32.4 Å². The molecule has 1 heterocycles. The van der Waals surface area contributed by atoms with Crippen LogP contribution in [-0.4, -0.2) is 18.7 Å². The Balaban J connectivity index is 3.03. The topological polar surface area (TPSA) is 82.8 Å². The standard InChI is InChI=1S/C11H15N3O2S/c1-4-10(7-12)17(15,16)14-11-6-5-8(2)13-9(11)3/h5-6,10,14H,4H2,1-3H3. The molecule has 0 fully saturated rings. The van der Waals surface area contributed by atoms with Gasteiger partial charge in [-0.1, -0.05) is 6.92 Å². The average Bonchev–Trinajstić information content (AvgIpc) is 2.23. The minimum atomic E-state index is -3.66. The van der Waals surface area contributed by atoms with Gasteiger partial charge in [0.2, 0.25) is 10.0 Å². The van der Waals surface area contributed by atoms with Crippen LogP contribution in [0.25, 0.3) is 0 Å². The van der Waals surface area contributed by atoms with Gasteiger partial charge in [-0.2, -0.15) is 5.26 Å². The van der Waals surface area contributed by atoms with Crippen LogP contribution in [0.15, 0.2) is 12.1 Å². The fourth-order valence-corrected chi connectivity index (χ4v) is 2.64. The third-order valence-electron chi connectivity index (χ3n) is 2.37. The first-order chi connectivity index (χ1) is 7.90. The Morgan fingerprint density at radius 3 is 2.59 bits per heavy atom. The second kappa shape index (κ2) is 5.15. The van der Waals surface area contributed by atoms with Crippen molar-refractivity contribution in [2.45, 2.75) is 32.4 Å². The van der Waals surface area contributed by atoms with E-state index in [4.69, 9.17) is 5.26 Å². The quantitative estimate of drug-likeness (QED) is 0.886. The predicted molar refractivity (Wildman–Crippen MR) is 65.9 cm³/mol. The molecule has 1 rings (SSSR count). The Hall–Kier alpha value is -1.61. The van der Waals surface area contributed by atoms with Crippen LogP contribution < -0.4 is 4.72 Å². The molecule has 1 aromatic rings. The summed E-state index contributed by atoms with van der Waals surface area (Å²) in [6.45, 7) is 5.21. The predicted octanol–water partition coefficient (Wildman–Crippen LogP) is 1.74. The highest BCUT2D eigenvalue weighted by Crippen LogP contribution is 2.17. The van der Waals surface area contributed by atoms with Gasteiger partial charge in [0.1, 0.15) is 0 Å². The van der Waals surface area contributed by atoms with Crippen molar-refractivity contribution in [3.63, 3.8) is 0 Å². The maximum absolute atomic E-state index is 11.8. The largest absolute Gasteiger partial charge is 0.281 e. The fourth-order valence-electron chi connectivity index (χ4n) is 1.40. The third-order valence-corrected chi connectivity index (χ3v) is 4.06. The summed E-state index contributed by atoms with van der Waals surface area (Å²) in [4.78, 5) is 4.16. The van der Waals surface area contributed by atoms with Gasteiger partial charge in [0.05, 0.1) is 17.5 Å². The molecule has 0 saturated heterocycles. The maximum Gasteiger partial charge on any atom is 0.249 e. The molecule has 0 radical (unpaired) electrons. The van der Waals surface area contributed by atoms with E-state index in [1.165, 1.54) is 0 Å². The van der Waals surface area contributed by atoms with Gasteiger partial charge in [0, 0.05) is 5.69 Å². The lowest BCUT2D eigenvalue weighted by Gasteiger charge is -2.12. The SMILES string of the molecule is CCC(C#N)S(=O)(=O)Nc1ccc(C)nc1C. The highest BCUT2D eigenvalue weighted by Gasteiger charge is 2.23. The summed E-state index contributed by atoms with van der Waals surface area (Å²) in [7, 11) is -3.66. The van der Waals surface area contributed by atoms with Crippen molar-refractivity contribution in [2.75, 3.05) is 4.72 Å². The second-order valence-corrected chi connectivity index (χ2v) is 5.62. The van der Waals surface area contributed by atoms with Crippen molar-refractivity contribution in [2.24, 2.45) is 0 Å². The fraction of sp³-hybridized carbons (Fsp3) is 0.455. The van der Waals surface area contributed by atoms with Crippen LogP contribution in [0.2, 0.25) is 0 Å². The first kappa shape index (κ1) is 13.5. The summed E-state index contributed by atoms with van der Waals surface area (Å²) in [6.07, 6.45) is 0.254. The molecule has 1 aromatic heterocycles. The number of rotatable bonds is 4. The molecule has 0 saturated carbocycles. The molecule has 0 aliphatic rings. The minimum absolute atomic E-state index is 0.254. The van der Waals surface area contributed by atoms with Gasteiger partial charge < -0.3 is 0 Å². The zero-order chi connectivity index (χ0) is 13.1. The van der Waals surface area contributed by atoms with Crippen molar-refractivity contribution >= 4 is 15.7 Å². The van der Waals surface area contributed by atoms with Crippen molar-refractivity contribution in [1.82, 2.24) is 4.98 Å². The zero-order valence-corrected chi connectivity index (χ0v) is 10.9. The van der Waals surface area contributed by atoms with Crippen LogP contribution in [0.3, 0.4) is 0 Å². The molecule has 1 atom stereocenters. The van der Waals surface area contributed by atoms with Gasteiger partial charge in [-0.3, -0.25) is 9.71 Å². The lowest BCUT2D eigenvalue weighted by Crippen LogP contribution is -2.26. The number of nitriles is 1. The van der Waals surface area contributed by atoms with Crippen molar-refractivity contribution < 1.29 is 8.42 Å². The molecule has 1 unspecified atom stereocenters. The van der Waals surface area contributed by atoms with Crippen LogP contribution in [0, 0.1) is 25.2 Å². The highest BCUT2D eigenvalue weighted by molar-refractivity contribution is 7.93. The van der Waals surface area contributed by atoms with E-state index >= 15 is 0 Å². The lowest BCUT2D eigenvalue weighted by molar-refractivity contribution is 0.592. The summed E-state index contributed by atoms with van der Waals surface area (Å²) in [5.41, 5.74) is 1.84. The molecule has 5 nitrogen and oxygen atoms in total. The Morgan fingerprint density at radius 2 is 2.12 bits per heavy atom. The zero-order valence-electron chi connectivity index (χ0n) is 10.1. The highest BCUT2D eigenvalue weighted by atomic mass is 32.2. The van der Waals surface area contributed by atoms with Crippen LogP contribution in [-0.2, 0) is 10.0 Å². The van der Waals surface area contributed by atoms with Gasteiger partial charge in [-0.25, -0.2) is 8.42 Å². The molecule has 0 aliphatic carbocycles. The van der Waals surface area contributed by atoms with E-state index < -0.39 is 15.3 Å². The van der Waals surface area contributed by atoms with E-state index in [2.05, 4.69) is 9.71 Å². The molecule has 17 heavy (non-hydrogen) atoms. The van der Waals surface area contributed by atoms with Crippen LogP contribution in [0.1, 0.15) is 24.7 Å². The number of hydrogen-bond acceptors (Lipinski definition) is 4. The van der Waals surface area contributed by atoms with Gasteiger partial charge in [-0.15, -0.1) is 0 Å². The normalized spacial score (nSPS) is 12.8. The molecule has 92 valence electrons. The number of anilines is 1. The number of pyridine rings is 1.